The van der Waals surface area contributed by atoms with Gasteiger partial charge in [0, 0.05) is 11.8 Å². The van der Waals surface area contributed by atoms with Crippen molar-refractivity contribution in [1.29, 1.82) is 0 Å². The molecule has 122 valence electrons. The molecule has 1 N–H and O–H groups in total. The number of aliphatic carboxylic acids is 1. The Hall–Kier alpha value is -3.08. The van der Waals surface area contributed by atoms with Gasteiger partial charge in [0.15, 0.2) is 0 Å². The zero-order valence-corrected chi connectivity index (χ0v) is 13.1. The fourth-order valence-electron chi connectivity index (χ4n) is 2.43. The van der Waals surface area contributed by atoms with Crippen molar-refractivity contribution in [2.75, 3.05) is 0 Å². The van der Waals surface area contributed by atoms with Crippen molar-refractivity contribution in [1.82, 2.24) is 9.78 Å². The Morgan fingerprint density at radius 3 is 2.25 bits per heavy atom. The van der Waals surface area contributed by atoms with Crippen LogP contribution >= 0.6 is 0 Å². The Kier molecular flexibility index (Phi) is 4.91. The van der Waals surface area contributed by atoms with Crippen molar-refractivity contribution < 1.29 is 14.6 Å². The quantitative estimate of drug-likeness (QED) is 0.726. The molecule has 0 fully saturated rings. The molecule has 0 aliphatic heterocycles. The minimum atomic E-state index is -0.904. The lowest BCUT2D eigenvalue weighted by Crippen LogP contribution is -2.03. The number of hydrogen-bond acceptors (Lipinski definition) is 3. The van der Waals surface area contributed by atoms with E-state index in [9.17, 15) is 4.79 Å². The summed E-state index contributed by atoms with van der Waals surface area (Å²) in [5.41, 5.74) is 2.68. The molecular weight excluding hydrogens is 304 g/mol. The van der Waals surface area contributed by atoms with E-state index in [0.717, 1.165) is 11.1 Å². The smallest absolute Gasteiger partial charge is 0.308 e. The first kappa shape index (κ1) is 15.8. The number of ether oxygens (including phenoxy) is 1. The Labute approximate surface area is 140 Å². The van der Waals surface area contributed by atoms with Crippen LogP contribution in [-0.4, -0.2) is 20.9 Å². The Morgan fingerprint density at radius 2 is 1.62 bits per heavy atom. The van der Waals surface area contributed by atoms with Gasteiger partial charge in [-0.05, 0) is 11.1 Å². The van der Waals surface area contributed by atoms with Gasteiger partial charge >= 0.3 is 5.97 Å². The minimum absolute atomic E-state index is 0.112. The molecule has 0 radical (unpaired) electrons. The van der Waals surface area contributed by atoms with Crippen molar-refractivity contribution in [3.63, 3.8) is 0 Å². The van der Waals surface area contributed by atoms with Crippen LogP contribution in [0, 0.1) is 0 Å². The summed E-state index contributed by atoms with van der Waals surface area (Å²) in [5.74, 6) is -0.531. The molecule has 1 heterocycles. The van der Waals surface area contributed by atoms with Crippen LogP contribution < -0.4 is 4.74 Å². The van der Waals surface area contributed by atoms with Crippen LogP contribution in [0.1, 0.15) is 16.7 Å². The third-order valence-corrected chi connectivity index (χ3v) is 3.55. The summed E-state index contributed by atoms with van der Waals surface area (Å²) in [4.78, 5) is 11.1. The molecule has 0 amide bonds. The number of nitrogens with zero attached hydrogens (tertiary/aromatic N) is 2. The van der Waals surface area contributed by atoms with Crippen molar-refractivity contribution in [3.8, 4) is 5.88 Å². The lowest BCUT2D eigenvalue weighted by Gasteiger charge is -2.05. The number of benzene rings is 2. The molecule has 5 heteroatoms. The number of rotatable bonds is 7. The molecule has 0 saturated heterocycles. The number of aromatic nitrogens is 2. The number of carbonyl (C=O) groups is 1. The fourth-order valence-corrected chi connectivity index (χ4v) is 2.43. The second-order valence-electron chi connectivity index (χ2n) is 5.49. The van der Waals surface area contributed by atoms with E-state index in [2.05, 4.69) is 5.10 Å². The lowest BCUT2D eigenvalue weighted by molar-refractivity contribution is -0.136. The highest BCUT2D eigenvalue weighted by Crippen LogP contribution is 2.19. The van der Waals surface area contributed by atoms with E-state index in [1.54, 1.807) is 10.9 Å². The molecule has 0 bridgehead atoms. The monoisotopic (exact) mass is 322 g/mol. The molecule has 0 saturated carbocycles. The second-order valence-corrected chi connectivity index (χ2v) is 5.49. The standard InChI is InChI=1S/C19H18N2O3/c22-18(23)11-17-13-21(12-15-7-3-1-4-8-15)20-19(17)24-14-16-9-5-2-6-10-16/h1-10,13H,11-12,14H2,(H,22,23). The van der Waals surface area contributed by atoms with E-state index >= 15 is 0 Å². The van der Waals surface area contributed by atoms with E-state index in [4.69, 9.17) is 9.84 Å². The van der Waals surface area contributed by atoms with Crippen molar-refractivity contribution in [2.45, 2.75) is 19.6 Å². The lowest BCUT2D eigenvalue weighted by atomic mass is 10.2. The Bertz CT molecular complexity index is 798. The molecule has 1 aromatic heterocycles. The SMILES string of the molecule is O=C(O)Cc1cn(Cc2ccccc2)nc1OCc1ccccc1. The Morgan fingerprint density at radius 1 is 1.00 bits per heavy atom. The van der Waals surface area contributed by atoms with Crippen LogP contribution in [0.3, 0.4) is 0 Å². The maximum absolute atomic E-state index is 11.1. The minimum Gasteiger partial charge on any atom is -0.481 e. The molecule has 0 aliphatic carbocycles. The molecule has 2 aromatic carbocycles. The van der Waals surface area contributed by atoms with Gasteiger partial charge in [-0.15, -0.1) is 5.10 Å². The van der Waals surface area contributed by atoms with E-state index < -0.39 is 5.97 Å². The zero-order valence-electron chi connectivity index (χ0n) is 13.1. The summed E-state index contributed by atoms with van der Waals surface area (Å²) in [5, 5.41) is 13.5. The third-order valence-electron chi connectivity index (χ3n) is 3.55. The largest absolute Gasteiger partial charge is 0.481 e. The van der Waals surface area contributed by atoms with Gasteiger partial charge in [-0.25, -0.2) is 0 Å². The van der Waals surface area contributed by atoms with E-state index in [1.165, 1.54) is 0 Å². The maximum atomic E-state index is 11.1. The van der Waals surface area contributed by atoms with Crippen LogP contribution in [0.4, 0.5) is 0 Å². The molecule has 0 atom stereocenters. The first-order chi connectivity index (χ1) is 11.7. The normalized spacial score (nSPS) is 10.5. The van der Waals surface area contributed by atoms with Gasteiger partial charge in [0.25, 0.3) is 0 Å². The van der Waals surface area contributed by atoms with E-state index in [0.29, 0.717) is 24.6 Å². The fraction of sp³-hybridized carbons (Fsp3) is 0.158. The van der Waals surface area contributed by atoms with Gasteiger partial charge in [-0.2, -0.15) is 0 Å². The summed E-state index contributed by atoms with van der Waals surface area (Å²) >= 11 is 0. The number of carboxylic acid groups (broad SMARTS) is 1. The molecule has 3 rings (SSSR count). The highest BCUT2D eigenvalue weighted by atomic mass is 16.5. The topological polar surface area (TPSA) is 64.3 Å². The predicted octanol–water partition coefficient (Wildman–Crippen LogP) is 3.14. The summed E-state index contributed by atoms with van der Waals surface area (Å²) in [6.45, 7) is 0.929. The molecule has 0 aliphatic rings. The van der Waals surface area contributed by atoms with Crippen molar-refractivity contribution in [3.05, 3.63) is 83.6 Å². The highest BCUT2D eigenvalue weighted by molar-refractivity contribution is 5.70. The average Bonchev–Trinajstić information content (AvgIpc) is 2.95. The summed E-state index contributed by atoms with van der Waals surface area (Å²) in [6, 6.07) is 19.6. The zero-order chi connectivity index (χ0) is 16.8. The van der Waals surface area contributed by atoms with Gasteiger partial charge < -0.3 is 9.84 Å². The van der Waals surface area contributed by atoms with Crippen LogP contribution in [0.15, 0.2) is 66.9 Å². The van der Waals surface area contributed by atoms with Crippen molar-refractivity contribution in [2.24, 2.45) is 0 Å². The number of carboxylic acids is 1. The first-order valence-corrected chi connectivity index (χ1v) is 7.69. The summed E-state index contributed by atoms with van der Waals surface area (Å²) in [7, 11) is 0. The van der Waals surface area contributed by atoms with E-state index in [1.807, 2.05) is 60.7 Å². The second kappa shape index (κ2) is 7.46. The van der Waals surface area contributed by atoms with Crippen LogP contribution in [0.5, 0.6) is 5.88 Å². The van der Waals surface area contributed by atoms with Gasteiger partial charge in [0.2, 0.25) is 5.88 Å². The first-order valence-electron chi connectivity index (χ1n) is 7.69. The van der Waals surface area contributed by atoms with Gasteiger partial charge in [0.05, 0.1) is 13.0 Å². The number of hydrogen-bond donors (Lipinski definition) is 1. The molecule has 5 nitrogen and oxygen atoms in total. The Balaban J connectivity index is 1.76. The van der Waals surface area contributed by atoms with Crippen molar-refractivity contribution >= 4 is 5.97 Å². The predicted molar refractivity (Wildman–Crippen MR) is 89.9 cm³/mol. The molecule has 0 unspecified atom stereocenters. The van der Waals surface area contributed by atoms with E-state index in [-0.39, 0.29) is 6.42 Å². The maximum Gasteiger partial charge on any atom is 0.308 e. The summed E-state index contributed by atoms with van der Waals surface area (Å²) in [6.07, 6.45) is 1.63. The third kappa shape index (κ3) is 4.23. The summed E-state index contributed by atoms with van der Waals surface area (Å²) < 4.78 is 7.46. The van der Waals surface area contributed by atoms with Gasteiger partial charge in [-0.3, -0.25) is 9.48 Å². The highest BCUT2D eigenvalue weighted by Gasteiger charge is 2.14. The van der Waals surface area contributed by atoms with Crippen LogP contribution in [0.2, 0.25) is 0 Å². The average molecular weight is 322 g/mol. The molecular formula is C19H18N2O3. The molecule has 0 spiro atoms. The van der Waals surface area contributed by atoms with Crippen LogP contribution in [-0.2, 0) is 24.4 Å². The molecule has 24 heavy (non-hydrogen) atoms. The van der Waals surface area contributed by atoms with Gasteiger partial charge in [-0.1, -0.05) is 60.7 Å². The van der Waals surface area contributed by atoms with Gasteiger partial charge in [0.1, 0.15) is 6.61 Å². The van der Waals surface area contributed by atoms with Crippen LogP contribution in [0.25, 0.3) is 0 Å². The molecule has 3 aromatic rings.